The number of nitrogens with one attached hydrogen (secondary N) is 1. The van der Waals surface area contributed by atoms with E-state index in [1.165, 1.54) is 0 Å². The van der Waals surface area contributed by atoms with Gasteiger partial charge in [0.15, 0.2) is 0 Å². The van der Waals surface area contributed by atoms with Crippen molar-refractivity contribution in [2.75, 3.05) is 13.2 Å². The number of hydrogen-bond acceptors (Lipinski definition) is 2. The highest BCUT2D eigenvalue weighted by atomic mass is 16.5. The van der Waals surface area contributed by atoms with E-state index >= 15 is 0 Å². The van der Waals surface area contributed by atoms with Crippen LogP contribution < -0.4 is 5.32 Å². The van der Waals surface area contributed by atoms with Crippen molar-refractivity contribution in [2.24, 2.45) is 0 Å². The van der Waals surface area contributed by atoms with Gasteiger partial charge in [-0.2, -0.15) is 0 Å². The topological polar surface area (TPSA) is 21.3 Å². The van der Waals surface area contributed by atoms with Gasteiger partial charge in [-0.05, 0) is 0 Å². The van der Waals surface area contributed by atoms with Crippen molar-refractivity contribution < 1.29 is 4.74 Å². The van der Waals surface area contributed by atoms with Gasteiger partial charge in [0, 0.05) is 13.0 Å². The highest BCUT2D eigenvalue weighted by molar-refractivity contribution is 4.73. The molecule has 0 aromatic carbocycles. The third kappa shape index (κ3) is 1.14. The maximum Gasteiger partial charge on any atom is 0.111 e. The van der Waals surface area contributed by atoms with E-state index in [0.717, 1.165) is 13.2 Å². The Morgan fingerprint density at radius 1 is 1.86 bits per heavy atom. The molecule has 1 aliphatic rings. The fourth-order valence-corrected chi connectivity index (χ4v) is 0.660. The molecule has 1 atom stereocenters. The van der Waals surface area contributed by atoms with Gasteiger partial charge in [0.25, 0.3) is 0 Å². The normalized spacial score (nSPS) is 31.3. The average molecular weight is 100 g/mol. The summed E-state index contributed by atoms with van der Waals surface area (Å²) in [6, 6.07) is 0. The zero-order valence-electron chi connectivity index (χ0n) is 4.48. The van der Waals surface area contributed by atoms with Crippen LogP contribution >= 0.6 is 0 Å². The van der Waals surface area contributed by atoms with Crippen molar-refractivity contribution in [3.8, 4) is 0 Å². The van der Waals surface area contributed by atoms with Gasteiger partial charge in [-0.1, -0.05) is 6.92 Å². The van der Waals surface area contributed by atoms with Crippen molar-refractivity contribution in [3.63, 3.8) is 0 Å². The quantitative estimate of drug-likeness (QED) is 0.506. The van der Waals surface area contributed by atoms with Gasteiger partial charge in [0.05, 0.1) is 6.61 Å². The molecule has 0 saturated carbocycles. The third-order valence-corrected chi connectivity index (χ3v) is 1.05. The number of ether oxygens (including phenoxy) is 1. The first-order chi connectivity index (χ1) is 3.43. The zero-order chi connectivity index (χ0) is 5.11. The Labute approximate surface area is 43.9 Å². The van der Waals surface area contributed by atoms with Gasteiger partial charge >= 0.3 is 0 Å². The highest BCUT2D eigenvalue weighted by Crippen LogP contribution is 1.96. The van der Waals surface area contributed by atoms with Crippen LogP contribution in [0.3, 0.4) is 0 Å². The minimum Gasteiger partial charge on any atom is -0.362 e. The van der Waals surface area contributed by atoms with Crippen molar-refractivity contribution >= 4 is 0 Å². The molecule has 1 heterocycles. The summed E-state index contributed by atoms with van der Waals surface area (Å²) < 4.78 is 5.14. The molecule has 0 amide bonds. The van der Waals surface area contributed by atoms with Crippen LogP contribution in [0.5, 0.6) is 0 Å². The Kier molecular flexibility index (Phi) is 1.65. The van der Waals surface area contributed by atoms with Crippen LogP contribution in [0.15, 0.2) is 0 Å². The summed E-state index contributed by atoms with van der Waals surface area (Å²) in [6.07, 6.45) is 2.23. The SMILES string of the molecule is C[CH]C1NCCO1. The van der Waals surface area contributed by atoms with Crippen LogP contribution in [0, 0.1) is 6.42 Å². The molecule has 0 aliphatic carbocycles. The molecule has 2 heteroatoms. The molecule has 0 aromatic heterocycles. The molecule has 0 spiro atoms. The molecule has 1 saturated heterocycles. The fraction of sp³-hybridized carbons (Fsp3) is 0.800. The molecule has 1 aliphatic heterocycles. The van der Waals surface area contributed by atoms with E-state index in [1.54, 1.807) is 0 Å². The van der Waals surface area contributed by atoms with Crippen molar-refractivity contribution in [3.05, 3.63) is 6.42 Å². The summed E-state index contributed by atoms with van der Waals surface area (Å²) in [5.41, 5.74) is 0. The molecule has 1 unspecified atom stereocenters. The van der Waals surface area contributed by atoms with E-state index in [-0.39, 0.29) is 6.23 Å². The first-order valence-corrected chi connectivity index (χ1v) is 2.58. The van der Waals surface area contributed by atoms with E-state index in [9.17, 15) is 0 Å². The summed E-state index contributed by atoms with van der Waals surface area (Å²) in [4.78, 5) is 0. The molecule has 41 valence electrons. The lowest BCUT2D eigenvalue weighted by Gasteiger charge is -2.02. The summed E-state index contributed by atoms with van der Waals surface area (Å²) in [6.45, 7) is 3.84. The number of rotatable bonds is 1. The van der Waals surface area contributed by atoms with Gasteiger partial charge in [-0.15, -0.1) is 0 Å². The van der Waals surface area contributed by atoms with Crippen LogP contribution in [0.4, 0.5) is 0 Å². The van der Waals surface area contributed by atoms with E-state index in [2.05, 4.69) is 5.32 Å². The monoisotopic (exact) mass is 100 g/mol. The largest absolute Gasteiger partial charge is 0.362 e. The maximum atomic E-state index is 5.14. The standard InChI is InChI=1S/C5H10NO/c1-2-5-6-3-4-7-5/h2,5-6H,3-4H2,1H3. The summed E-state index contributed by atoms with van der Waals surface area (Å²) in [7, 11) is 0. The van der Waals surface area contributed by atoms with E-state index in [1.807, 2.05) is 13.3 Å². The Hall–Kier alpha value is -0.0800. The lowest BCUT2D eigenvalue weighted by Crippen LogP contribution is -2.21. The second-order valence-corrected chi connectivity index (χ2v) is 1.58. The first-order valence-electron chi connectivity index (χ1n) is 2.58. The van der Waals surface area contributed by atoms with E-state index < -0.39 is 0 Å². The van der Waals surface area contributed by atoms with Crippen LogP contribution in [-0.4, -0.2) is 19.4 Å². The van der Waals surface area contributed by atoms with Crippen LogP contribution in [0.1, 0.15) is 6.92 Å². The first kappa shape index (κ1) is 5.06. The molecule has 1 N–H and O–H groups in total. The molecule has 1 fully saturated rings. The molecule has 7 heavy (non-hydrogen) atoms. The Bertz CT molecular complexity index is 50.0. The van der Waals surface area contributed by atoms with Gasteiger partial charge in [-0.3, -0.25) is 5.32 Å². The Morgan fingerprint density at radius 2 is 2.71 bits per heavy atom. The van der Waals surface area contributed by atoms with Gasteiger partial charge in [0.2, 0.25) is 0 Å². The van der Waals surface area contributed by atoms with Crippen molar-refractivity contribution in [1.82, 2.24) is 5.32 Å². The average Bonchev–Trinajstić information content (AvgIpc) is 2.14. The molecule has 2 nitrogen and oxygen atoms in total. The lowest BCUT2D eigenvalue weighted by molar-refractivity contribution is 0.126. The van der Waals surface area contributed by atoms with E-state index in [0.29, 0.717) is 0 Å². The predicted molar refractivity (Wildman–Crippen MR) is 27.7 cm³/mol. The van der Waals surface area contributed by atoms with Crippen LogP contribution in [-0.2, 0) is 4.74 Å². The van der Waals surface area contributed by atoms with Crippen molar-refractivity contribution in [1.29, 1.82) is 0 Å². The summed E-state index contributed by atoms with van der Waals surface area (Å²) in [5, 5.41) is 3.13. The predicted octanol–water partition coefficient (Wildman–Crippen LogP) is 0.156. The maximum absolute atomic E-state index is 5.14. The Balaban J connectivity index is 2.14. The minimum absolute atomic E-state index is 0.222. The van der Waals surface area contributed by atoms with Gasteiger partial charge in [0.1, 0.15) is 6.23 Å². The van der Waals surface area contributed by atoms with Crippen LogP contribution in [0.25, 0.3) is 0 Å². The number of hydrogen-bond donors (Lipinski definition) is 1. The lowest BCUT2D eigenvalue weighted by atomic mass is 10.4. The molecular weight excluding hydrogens is 90.1 g/mol. The van der Waals surface area contributed by atoms with Crippen molar-refractivity contribution in [2.45, 2.75) is 13.2 Å². The van der Waals surface area contributed by atoms with Crippen LogP contribution in [0.2, 0.25) is 0 Å². The van der Waals surface area contributed by atoms with Gasteiger partial charge in [-0.25, -0.2) is 0 Å². The minimum atomic E-state index is 0.222. The van der Waals surface area contributed by atoms with E-state index in [4.69, 9.17) is 4.74 Å². The molecular formula is C5H10NO. The third-order valence-electron chi connectivity index (χ3n) is 1.05. The molecule has 0 aromatic rings. The molecule has 1 radical (unpaired) electrons. The fourth-order valence-electron chi connectivity index (χ4n) is 0.660. The molecule has 1 rings (SSSR count). The second kappa shape index (κ2) is 2.28. The molecule has 0 bridgehead atoms. The summed E-state index contributed by atoms with van der Waals surface area (Å²) >= 11 is 0. The highest BCUT2D eigenvalue weighted by Gasteiger charge is 2.09. The second-order valence-electron chi connectivity index (χ2n) is 1.58. The smallest absolute Gasteiger partial charge is 0.111 e. The Morgan fingerprint density at radius 3 is 3.00 bits per heavy atom. The zero-order valence-corrected chi connectivity index (χ0v) is 4.48. The van der Waals surface area contributed by atoms with Gasteiger partial charge < -0.3 is 4.74 Å². The summed E-state index contributed by atoms with van der Waals surface area (Å²) in [5.74, 6) is 0.